The molecule has 2 aromatic rings. The van der Waals surface area contributed by atoms with Gasteiger partial charge in [0.1, 0.15) is 11.5 Å². The number of para-hydroxylation sites is 1. The second kappa shape index (κ2) is 11.0. The van der Waals surface area contributed by atoms with Gasteiger partial charge in [-0.15, -0.1) is 0 Å². The zero-order valence-corrected chi connectivity index (χ0v) is 21.5. The van der Waals surface area contributed by atoms with Gasteiger partial charge in [0.25, 0.3) is 0 Å². The van der Waals surface area contributed by atoms with Gasteiger partial charge >= 0.3 is 5.97 Å². The summed E-state index contributed by atoms with van der Waals surface area (Å²) in [5.74, 6) is 0.419. The van der Waals surface area contributed by atoms with Gasteiger partial charge < -0.3 is 18.9 Å². The van der Waals surface area contributed by atoms with Crippen molar-refractivity contribution in [3.8, 4) is 17.2 Å². The Balaban J connectivity index is 1.79. The van der Waals surface area contributed by atoms with E-state index in [1.807, 2.05) is 56.3 Å². The first-order valence-electron chi connectivity index (χ1n) is 12.3. The number of methoxy groups -OCH3 is 2. The number of carbonyl (C=O) groups is 2. The molecular formula is C29H33NO6. The lowest BCUT2D eigenvalue weighted by Crippen LogP contribution is -2.41. The number of benzene rings is 2. The van der Waals surface area contributed by atoms with Crippen molar-refractivity contribution in [1.82, 2.24) is 0 Å². The minimum atomic E-state index is -0.550. The Morgan fingerprint density at radius 1 is 0.944 bits per heavy atom. The van der Waals surface area contributed by atoms with Crippen molar-refractivity contribution in [3.63, 3.8) is 0 Å². The number of ketones is 1. The molecule has 2 aromatic carbocycles. The third-order valence-electron chi connectivity index (χ3n) is 6.88. The highest BCUT2D eigenvalue weighted by molar-refractivity contribution is 6.12. The van der Waals surface area contributed by atoms with E-state index in [9.17, 15) is 9.59 Å². The molecule has 36 heavy (non-hydrogen) atoms. The number of Topliss-reactive ketones (excluding diaryl/α,β-unsaturated/α-hetero) is 1. The van der Waals surface area contributed by atoms with E-state index in [2.05, 4.69) is 0 Å². The van der Waals surface area contributed by atoms with Crippen molar-refractivity contribution >= 4 is 17.5 Å². The van der Waals surface area contributed by atoms with Crippen LogP contribution in [0.4, 0.5) is 0 Å². The van der Waals surface area contributed by atoms with Crippen LogP contribution >= 0.6 is 0 Å². The first-order valence-corrected chi connectivity index (χ1v) is 12.3. The number of fused-ring (bicyclic) bond motifs is 1. The summed E-state index contributed by atoms with van der Waals surface area (Å²) < 4.78 is 22.2. The Morgan fingerprint density at radius 3 is 2.39 bits per heavy atom. The summed E-state index contributed by atoms with van der Waals surface area (Å²) in [4.78, 5) is 31.8. The van der Waals surface area contributed by atoms with Crippen molar-refractivity contribution in [1.29, 1.82) is 0 Å². The van der Waals surface area contributed by atoms with Gasteiger partial charge in [-0.25, -0.2) is 4.79 Å². The maximum absolute atomic E-state index is 13.8. The number of allylic oxidation sites excluding steroid dienone is 1. The second-order valence-corrected chi connectivity index (χ2v) is 8.93. The molecular weight excluding hydrogens is 458 g/mol. The first-order chi connectivity index (χ1) is 17.4. The van der Waals surface area contributed by atoms with Gasteiger partial charge in [0, 0.05) is 29.3 Å². The fourth-order valence-corrected chi connectivity index (χ4v) is 5.35. The monoisotopic (exact) mass is 491 g/mol. The highest BCUT2D eigenvalue weighted by Gasteiger charge is 2.47. The number of hydrogen-bond donors (Lipinski definition) is 0. The summed E-state index contributed by atoms with van der Waals surface area (Å²) in [5.41, 5.74) is 3.59. The normalized spacial score (nSPS) is 21.4. The smallest absolute Gasteiger partial charge is 0.336 e. The molecule has 0 radical (unpaired) electrons. The van der Waals surface area contributed by atoms with Crippen molar-refractivity contribution in [2.45, 2.75) is 45.4 Å². The number of rotatable bonds is 8. The molecule has 2 aliphatic rings. The highest BCUT2D eigenvalue weighted by Crippen LogP contribution is 2.48. The summed E-state index contributed by atoms with van der Waals surface area (Å²) in [5, 5.41) is 0. The van der Waals surface area contributed by atoms with Crippen LogP contribution in [0.5, 0.6) is 17.2 Å². The van der Waals surface area contributed by atoms with Gasteiger partial charge in [0.15, 0.2) is 11.5 Å². The lowest BCUT2D eigenvalue weighted by Gasteiger charge is -2.38. The third-order valence-corrected chi connectivity index (χ3v) is 6.88. The molecule has 1 heterocycles. The van der Waals surface area contributed by atoms with Crippen molar-refractivity contribution in [3.05, 3.63) is 64.9 Å². The Kier molecular flexibility index (Phi) is 7.77. The van der Waals surface area contributed by atoms with E-state index >= 15 is 0 Å². The minimum absolute atomic E-state index is 0.0467. The van der Waals surface area contributed by atoms with Crippen LogP contribution in [-0.4, -0.2) is 44.9 Å². The highest BCUT2D eigenvalue weighted by atomic mass is 16.5. The third kappa shape index (κ3) is 4.74. The largest absolute Gasteiger partial charge is 0.494 e. The Bertz CT molecular complexity index is 1210. The molecule has 0 saturated heterocycles. The molecule has 1 aliphatic heterocycles. The Hall–Kier alpha value is -3.61. The van der Waals surface area contributed by atoms with Crippen LogP contribution in [0.15, 0.2) is 58.7 Å². The van der Waals surface area contributed by atoms with Gasteiger partial charge in [-0.1, -0.05) is 24.3 Å². The molecule has 1 saturated carbocycles. The van der Waals surface area contributed by atoms with E-state index in [-0.39, 0.29) is 18.3 Å². The molecule has 0 N–H and O–H groups in total. The zero-order chi connectivity index (χ0) is 25.8. The fraction of sp³-hybridized carbons (Fsp3) is 0.414. The molecule has 7 nitrogen and oxygen atoms in total. The molecule has 4 rings (SSSR count). The van der Waals surface area contributed by atoms with E-state index in [0.717, 1.165) is 16.8 Å². The number of ether oxygens (including phenoxy) is 4. The van der Waals surface area contributed by atoms with E-state index in [1.165, 1.54) is 0 Å². The van der Waals surface area contributed by atoms with Gasteiger partial charge in [0.05, 0.1) is 38.9 Å². The summed E-state index contributed by atoms with van der Waals surface area (Å²) in [6.07, 6.45) is 0.939. The van der Waals surface area contributed by atoms with Crippen LogP contribution < -0.4 is 14.2 Å². The van der Waals surface area contributed by atoms with Gasteiger partial charge in [-0.3, -0.25) is 9.79 Å². The number of nitrogens with zero attached hydrogens (tertiary/aromatic N) is 1. The molecule has 0 amide bonds. The number of carbonyl (C=O) groups excluding carboxylic acids is 2. The van der Waals surface area contributed by atoms with Crippen LogP contribution in [0.3, 0.4) is 0 Å². The maximum atomic E-state index is 13.8. The van der Waals surface area contributed by atoms with Crippen molar-refractivity contribution in [2.24, 2.45) is 10.9 Å². The summed E-state index contributed by atoms with van der Waals surface area (Å²) in [6.45, 7) is 6.22. The number of aliphatic imine (C=N–C) groups is 1. The van der Waals surface area contributed by atoms with Crippen LogP contribution in [0, 0.1) is 5.92 Å². The van der Waals surface area contributed by atoms with Crippen LogP contribution in [0.25, 0.3) is 0 Å². The van der Waals surface area contributed by atoms with Crippen molar-refractivity contribution < 1.29 is 28.5 Å². The van der Waals surface area contributed by atoms with E-state index in [4.69, 9.17) is 23.9 Å². The number of hydrogen-bond acceptors (Lipinski definition) is 7. The SMILES string of the molecule is CCOC(=O)C1=C(C)N=C2C[C@H](c3ccc(OC)c(OC)c3)CC(=O)C2[C@@H]1c1ccccc1OCC. The molecule has 1 aliphatic carbocycles. The molecule has 7 heteroatoms. The quantitative estimate of drug-likeness (QED) is 0.470. The van der Waals surface area contributed by atoms with Gasteiger partial charge in [0.2, 0.25) is 0 Å². The van der Waals surface area contributed by atoms with Crippen molar-refractivity contribution in [2.75, 3.05) is 27.4 Å². The first kappa shape index (κ1) is 25.5. The molecule has 0 bridgehead atoms. The molecule has 0 spiro atoms. The fourth-order valence-electron chi connectivity index (χ4n) is 5.35. The lowest BCUT2D eigenvalue weighted by molar-refractivity contribution is -0.139. The second-order valence-electron chi connectivity index (χ2n) is 8.93. The molecule has 1 fully saturated rings. The standard InChI is InChI=1S/C29H33NO6/c1-6-35-23-11-9-8-10-20(23)27-26(29(32)36-7-2)17(3)30-21-14-19(15-22(31)28(21)27)18-12-13-24(33-4)25(16-18)34-5/h8-13,16,19,27-28H,6-7,14-15H2,1-5H3/t19-,27+,28?/m0/s1. The topological polar surface area (TPSA) is 83.4 Å². The molecule has 0 aromatic heterocycles. The van der Waals surface area contributed by atoms with Crippen LogP contribution in [0.2, 0.25) is 0 Å². The molecule has 1 unspecified atom stereocenters. The summed E-state index contributed by atoms with van der Waals surface area (Å²) in [7, 11) is 3.19. The van der Waals surface area contributed by atoms with E-state index in [0.29, 0.717) is 48.0 Å². The van der Waals surface area contributed by atoms with Gasteiger partial charge in [-0.2, -0.15) is 0 Å². The van der Waals surface area contributed by atoms with E-state index < -0.39 is 17.8 Å². The van der Waals surface area contributed by atoms with Crippen LogP contribution in [-0.2, 0) is 14.3 Å². The predicted octanol–water partition coefficient (Wildman–Crippen LogP) is 5.24. The Labute approximate surface area is 212 Å². The predicted molar refractivity (Wildman–Crippen MR) is 137 cm³/mol. The average molecular weight is 492 g/mol. The summed E-state index contributed by atoms with van der Waals surface area (Å²) in [6, 6.07) is 13.4. The average Bonchev–Trinajstić information content (AvgIpc) is 2.88. The number of esters is 1. The zero-order valence-electron chi connectivity index (χ0n) is 21.5. The summed E-state index contributed by atoms with van der Waals surface area (Å²) >= 11 is 0. The maximum Gasteiger partial charge on any atom is 0.336 e. The van der Waals surface area contributed by atoms with Gasteiger partial charge in [-0.05, 0) is 56.9 Å². The Morgan fingerprint density at radius 2 is 1.69 bits per heavy atom. The van der Waals surface area contributed by atoms with E-state index in [1.54, 1.807) is 21.1 Å². The molecule has 3 atom stereocenters. The molecule has 190 valence electrons. The minimum Gasteiger partial charge on any atom is -0.494 e. The van der Waals surface area contributed by atoms with Crippen LogP contribution in [0.1, 0.15) is 56.6 Å². The lowest BCUT2D eigenvalue weighted by atomic mass is 9.66.